The minimum atomic E-state index is -0.806. The maximum Gasteiger partial charge on any atom is 0.338 e. The number of carbonyl (C=O) groups is 3. The van der Waals surface area contributed by atoms with Crippen molar-refractivity contribution in [1.29, 1.82) is 0 Å². The molecule has 1 N–H and O–H groups in total. The first-order valence-electron chi connectivity index (χ1n) is 10.1. The molecule has 0 saturated carbocycles. The lowest BCUT2D eigenvalue weighted by atomic mass is 10.1. The molecule has 34 heavy (non-hydrogen) atoms. The Morgan fingerprint density at radius 1 is 1.18 bits per heavy atom. The molecule has 0 aliphatic carbocycles. The number of benzene rings is 2. The molecule has 4 rings (SSSR count). The zero-order valence-electron chi connectivity index (χ0n) is 18.2. The Labute approximate surface area is 197 Å². The first-order chi connectivity index (χ1) is 16.2. The topological polar surface area (TPSA) is 145 Å². The number of nitrogens with zero attached hydrogens (tertiary/aromatic N) is 4. The van der Waals surface area contributed by atoms with E-state index in [1.165, 1.54) is 6.07 Å². The molecule has 0 bridgehead atoms. The van der Waals surface area contributed by atoms with Gasteiger partial charge < -0.3 is 9.64 Å². The van der Waals surface area contributed by atoms with Crippen molar-refractivity contribution in [2.24, 2.45) is 0 Å². The lowest BCUT2D eigenvalue weighted by Gasteiger charge is -2.16. The highest BCUT2D eigenvalue weighted by Gasteiger charge is 2.34. The van der Waals surface area contributed by atoms with E-state index in [1.807, 2.05) is 31.2 Å². The molecule has 1 fully saturated rings. The van der Waals surface area contributed by atoms with Crippen molar-refractivity contribution < 1.29 is 24.0 Å². The van der Waals surface area contributed by atoms with Crippen LogP contribution in [0.15, 0.2) is 42.5 Å². The third-order valence-corrected chi connectivity index (χ3v) is 6.29. The number of esters is 1. The van der Waals surface area contributed by atoms with Crippen LogP contribution in [0.2, 0.25) is 0 Å². The van der Waals surface area contributed by atoms with Gasteiger partial charge in [-0.25, -0.2) is 4.79 Å². The fourth-order valence-corrected chi connectivity index (χ4v) is 4.38. The van der Waals surface area contributed by atoms with Gasteiger partial charge in [0.15, 0.2) is 0 Å². The molecule has 1 aliphatic heterocycles. The van der Waals surface area contributed by atoms with Crippen LogP contribution in [0, 0.1) is 17.0 Å². The summed E-state index contributed by atoms with van der Waals surface area (Å²) in [4.78, 5) is 49.2. The molecule has 174 valence electrons. The number of hydrogen-bond acceptors (Lipinski definition) is 9. The summed E-state index contributed by atoms with van der Waals surface area (Å²) in [6.07, 6.45) is 0.268. The number of aryl methyl sites for hydroxylation is 1. The molecule has 0 spiro atoms. The van der Waals surface area contributed by atoms with Crippen LogP contribution in [-0.2, 0) is 9.53 Å². The Hall–Kier alpha value is -4.19. The molecule has 0 radical (unpaired) electrons. The number of non-ortho nitro benzene ring substituents is 1. The summed E-state index contributed by atoms with van der Waals surface area (Å²) in [5.41, 5.74) is 1.25. The van der Waals surface area contributed by atoms with Crippen LogP contribution in [-0.4, -0.2) is 46.6 Å². The second-order valence-corrected chi connectivity index (χ2v) is 8.67. The Morgan fingerprint density at radius 3 is 2.56 bits per heavy atom. The van der Waals surface area contributed by atoms with Gasteiger partial charge in [0.25, 0.3) is 11.6 Å². The zero-order valence-corrected chi connectivity index (χ0v) is 19.0. The van der Waals surface area contributed by atoms with Crippen LogP contribution in [0.4, 0.5) is 16.5 Å². The summed E-state index contributed by atoms with van der Waals surface area (Å²) < 4.78 is 4.59. The van der Waals surface area contributed by atoms with E-state index in [9.17, 15) is 24.5 Å². The van der Waals surface area contributed by atoms with Crippen LogP contribution in [0.5, 0.6) is 0 Å². The van der Waals surface area contributed by atoms with Crippen molar-refractivity contribution >= 4 is 45.6 Å². The number of nitro groups is 1. The molecule has 1 aliphatic rings. The number of methoxy groups -OCH3 is 1. The van der Waals surface area contributed by atoms with Crippen LogP contribution in [0.25, 0.3) is 0 Å². The van der Waals surface area contributed by atoms with E-state index in [0.29, 0.717) is 11.6 Å². The van der Waals surface area contributed by atoms with Gasteiger partial charge in [-0.3, -0.25) is 25.0 Å². The van der Waals surface area contributed by atoms with E-state index in [4.69, 9.17) is 0 Å². The summed E-state index contributed by atoms with van der Waals surface area (Å²) in [7, 11) is 1.14. The van der Waals surface area contributed by atoms with Crippen molar-refractivity contribution in [2.75, 3.05) is 23.9 Å². The number of carbonyl (C=O) groups excluding carboxylic acids is 3. The third kappa shape index (κ3) is 4.76. The number of rotatable bonds is 6. The standard InChI is InChI=1S/C22H19N5O6S/c1-12-3-5-16(6-4-12)26-11-15(10-18(26)28)20-24-25-22(34-20)23-19(29)13-7-14(21(30)33-2)9-17(8-13)27(31)32/h3-9,15H,10-11H2,1-2H3,(H,23,25,29). The average Bonchev–Trinajstić information content (AvgIpc) is 3.45. The molecule has 12 heteroatoms. The van der Waals surface area contributed by atoms with Gasteiger partial charge in [0.05, 0.1) is 17.6 Å². The van der Waals surface area contributed by atoms with Crippen LogP contribution >= 0.6 is 11.3 Å². The number of aromatic nitrogens is 2. The third-order valence-electron chi connectivity index (χ3n) is 5.29. The number of amides is 2. The Balaban J connectivity index is 1.49. The second-order valence-electron chi connectivity index (χ2n) is 7.66. The normalized spacial score (nSPS) is 15.3. The minimum absolute atomic E-state index is 0.0263. The van der Waals surface area contributed by atoms with Gasteiger partial charge >= 0.3 is 5.97 Å². The lowest BCUT2D eigenvalue weighted by Crippen LogP contribution is -2.24. The first-order valence-corrected chi connectivity index (χ1v) is 11.0. The van der Waals surface area contributed by atoms with Gasteiger partial charge in [-0.2, -0.15) is 0 Å². The van der Waals surface area contributed by atoms with E-state index < -0.39 is 22.5 Å². The number of nitrogens with one attached hydrogen (secondary N) is 1. The number of ether oxygens (including phenoxy) is 1. The zero-order chi connectivity index (χ0) is 24.4. The summed E-state index contributed by atoms with van der Waals surface area (Å²) in [5.74, 6) is -1.71. The molecule has 2 heterocycles. The van der Waals surface area contributed by atoms with Crippen LogP contribution in [0.1, 0.15) is 43.6 Å². The summed E-state index contributed by atoms with van der Waals surface area (Å²) in [5, 5.41) is 22.6. The van der Waals surface area contributed by atoms with Crippen molar-refractivity contribution in [2.45, 2.75) is 19.3 Å². The molecule has 1 atom stereocenters. The van der Waals surface area contributed by atoms with E-state index in [2.05, 4.69) is 20.3 Å². The Kier molecular flexibility index (Phi) is 6.32. The predicted octanol–water partition coefficient (Wildman–Crippen LogP) is 3.31. The number of anilines is 2. The smallest absolute Gasteiger partial charge is 0.338 e. The molecule has 3 aromatic rings. The Morgan fingerprint density at radius 2 is 1.88 bits per heavy atom. The van der Waals surface area contributed by atoms with Gasteiger partial charge in [-0.1, -0.05) is 29.0 Å². The average molecular weight is 481 g/mol. The molecule has 1 unspecified atom stereocenters. The van der Waals surface area contributed by atoms with Crippen molar-refractivity contribution in [1.82, 2.24) is 10.2 Å². The van der Waals surface area contributed by atoms with Gasteiger partial charge in [-0.05, 0) is 25.1 Å². The molecule has 1 saturated heterocycles. The lowest BCUT2D eigenvalue weighted by molar-refractivity contribution is -0.384. The van der Waals surface area contributed by atoms with Gasteiger partial charge in [-0.15, -0.1) is 10.2 Å². The van der Waals surface area contributed by atoms with Gasteiger partial charge in [0, 0.05) is 42.3 Å². The molecule has 1 aromatic heterocycles. The molecule has 2 aromatic carbocycles. The highest BCUT2D eigenvalue weighted by molar-refractivity contribution is 7.15. The summed E-state index contributed by atoms with van der Waals surface area (Å²) in [6.45, 7) is 2.41. The van der Waals surface area contributed by atoms with Crippen LogP contribution < -0.4 is 10.2 Å². The quantitative estimate of drug-likeness (QED) is 0.321. The van der Waals surface area contributed by atoms with Crippen LogP contribution in [0.3, 0.4) is 0 Å². The van der Waals surface area contributed by atoms with E-state index >= 15 is 0 Å². The van der Waals surface area contributed by atoms with E-state index in [1.54, 1.807) is 4.90 Å². The largest absolute Gasteiger partial charge is 0.465 e. The monoisotopic (exact) mass is 481 g/mol. The van der Waals surface area contributed by atoms with Crippen molar-refractivity contribution in [3.8, 4) is 0 Å². The fourth-order valence-electron chi connectivity index (χ4n) is 3.55. The first kappa shape index (κ1) is 23.0. The highest BCUT2D eigenvalue weighted by atomic mass is 32.1. The maximum absolute atomic E-state index is 12.7. The van der Waals surface area contributed by atoms with Gasteiger partial charge in [0.1, 0.15) is 5.01 Å². The molecular formula is C22H19N5O6S. The van der Waals surface area contributed by atoms with Crippen molar-refractivity contribution in [3.05, 3.63) is 74.3 Å². The number of hydrogen-bond donors (Lipinski definition) is 1. The number of nitro benzene ring substituents is 1. The predicted molar refractivity (Wildman–Crippen MR) is 123 cm³/mol. The highest BCUT2D eigenvalue weighted by Crippen LogP contribution is 2.34. The summed E-state index contributed by atoms with van der Waals surface area (Å²) in [6, 6.07) is 10.9. The molecular weight excluding hydrogens is 462 g/mol. The van der Waals surface area contributed by atoms with Crippen molar-refractivity contribution in [3.63, 3.8) is 0 Å². The minimum Gasteiger partial charge on any atom is -0.465 e. The summed E-state index contributed by atoms with van der Waals surface area (Å²) >= 11 is 1.12. The SMILES string of the molecule is COC(=O)c1cc(C(=O)Nc2nnc(C3CC(=O)N(c4ccc(C)cc4)C3)s2)cc([N+](=O)[O-])c1. The van der Waals surface area contributed by atoms with E-state index in [-0.39, 0.29) is 34.5 Å². The molecule has 11 nitrogen and oxygen atoms in total. The second kappa shape index (κ2) is 9.35. The fraction of sp³-hybridized carbons (Fsp3) is 0.227. The van der Waals surface area contributed by atoms with E-state index in [0.717, 1.165) is 41.8 Å². The Bertz CT molecular complexity index is 1290. The maximum atomic E-state index is 12.7. The van der Waals surface area contributed by atoms with Gasteiger partial charge in [0.2, 0.25) is 11.0 Å². The molecule has 2 amide bonds.